The molecule has 0 spiro atoms. The first-order valence-electron chi connectivity index (χ1n) is 8.93. The Morgan fingerprint density at radius 1 is 1.32 bits per heavy atom. The van der Waals surface area contributed by atoms with Crippen molar-refractivity contribution in [1.82, 2.24) is 19.4 Å². The zero-order valence-corrected chi connectivity index (χ0v) is 15.3. The van der Waals surface area contributed by atoms with Crippen molar-refractivity contribution >= 4 is 23.8 Å². The molecule has 0 bridgehead atoms. The topological polar surface area (TPSA) is 132 Å². The monoisotopic (exact) mass is 386 g/mol. The van der Waals surface area contributed by atoms with Gasteiger partial charge in [-0.2, -0.15) is 4.99 Å². The maximum Gasteiger partial charge on any atom is 0.297 e. The van der Waals surface area contributed by atoms with Gasteiger partial charge in [0.05, 0.1) is 38.4 Å². The van der Waals surface area contributed by atoms with Crippen molar-refractivity contribution in [3.05, 3.63) is 29.6 Å². The van der Waals surface area contributed by atoms with Crippen molar-refractivity contribution in [3.8, 4) is 0 Å². The Bertz CT molecular complexity index is 1020. The number of aliphatic hydroxyl groups excluding tert-OH is 3. The molecule has 0 radical (unpaired) electrons. The van der Waals surface area contributed by atoms with Crippen molar-refractivity contribution < 1.29 is 24.6 Å². The number of aromatic nitrogens is 4. The number of amidine groups is 1. The molecular formula is C17H20N7O4+. The average Bonchev–Trinajstić information content (AvgIpc) is 3.23. The predicted molar refractivity (Wildman–Crippen MR) is 95.3 cm³/mol. The van der Waals surface area contributed by atoms with E-state index in [9.17, 15) is 15.3 Å². The highest BCUT2D eigenvalue weighted by molar-refractivity contribution is 6.10. The summed E-state index contributed by atoms with van der Waals surface area (Å²) in [6.07, 6.45) is 0.985. The van der Waals surface area contributed by atoms with E-state index in [0.717, 1.165) is 11.4 Å². The average molecular weight is 386 g/mol. The Balaban J connectivity index is 1.56. The van der Waals surface area contributed by atoms with Crippen LogP contribution in [-0.2, 0) is 18.3 Å². The van der Waals surface area contributed by atoms with Crippen LogP contribution in [0, 0.1) is 6.92 Å². The van der Waals surface area contributed by atoms with E-state index in [1.54, 1.807) is 10.9 Å². The summed E-state index contributed by atoms with van der Waals surface area (Å²) in [5.41, 5.74) is 1.52. The van der Waals surface area contributed by atoms with Gasteiger partial charge in [-0.3, -0.25) is 4.57 Å². The number of nitrogens with zero attached hydrogens (tertiary/aromatic N) is 7. The molecule has 3 N–H and O–H groups in total. The van der Waals surface area contributed by atoms with Gasteiger partial charge in [0, 0.05) is 6.92 Å². The lowest BCUT2D eigenvalue weighted by Gasteiger charge is -2.27. The highest BCUT2D eigenvalue weighted by Gasteiger charge is 2.45. The Morgan fingerprint density at radius 3 is 2.89 bits per heavy atom. The minimum absolute atomic E-state index is 0.394. The standard InChI is InChI=1S/C17H20N7O4/c1-8-20-14-9(3-22(8)2)4-23-6-19-15-11(16(23)21-14)18-7-24(15)17-13(27)12(26)10(5-25)28-17/h3,6-7,10,12-13,17,25-27H,4-5H2,1-2H3/q+1. The van der Waals surface area contributed by atoms with Crippen LogP contribution >= 0.6 is 0 Å². The number of aliphatic imine (C=N–C) groups is 2. The van der Waals surface area contributed by atoms with E-state index < -0.39 is 31.1 Å². The smallest absolute Gasteiger partial charge is 0.297 e. The summed E-state index contributed by atoms with van der Waals surface area (Å²) in [6, 6.07) is 0. The highest BCUT2D eigenvalue weighted by atomic mass is 16.6. The van der Waals surface area contributed by atoms with E-state index in [1.165, 1.54) is 6.33 Å². The fourth-order valence-electron chi connectivity index (χ4n) is 3.67. The lowest BCUT2D eigenvalue weighted by Crippen LogP contribution is -2.39. The van der Waals surface area contributed by atoms with E-state index in [1.807, 2.05) is 29.6 Å². The zero-order valence-electron chi connectivity index (χ0n) is 15.3. The van der Waals surface area contributed by atoms with Gasteiger partial charge in [-0.1, -0.05) is 0 Å². The second-order valence-corrected chi connectivity index (χ2v) is 7.11. The van der Waals surface area contributed by atoms with Gasteiger partial charge < -0.3 is 25.0 Å². The van der Waals surface area contributed by atoms with Crippen LogP contribution in [0.5, 0.6) is 0 Å². The molecule has 5 heterocycles. The maximum atomic E-state index is 10.3. The van der Waals surface area contributed by atoms with Gasteiger partial charge >= 0.3 is 0 Å². The van der Waals surface area contributed by atoms with Crippen LogP contribution < -0.4 is 4.57 Å². The molecular weight excluding hydrogens is 366 g/mol. The SMILES string of the molecule is Cc1nc2c(c[n+]1C)CN1C=Nc3c(ncn3C3OC(CO)C(O)C3O)C1=N2. The maximum absolute atomic E-state index is 10.3. The normalized spacial score (nSPS) is 28.0. The molecule has 0 aromatic carbocycles. The summed E-state index contributed by atoms with van der Waals surface area (Å²) < 4.78 is 9.09. The van der Waals surface area contributed by atoms with Gasteiger partial charge in [0.15, 0.2) is 23.6 Å². The fraction of sp³-hybridized carbons (Fsp3) is 0.471. The lowest BCUT2D eigenvalue weighted by atomic mass is 10.1. The van der Waals surface area contributed by atoms with Crippen LogP contribution in [0.15, 0.2) is 22.5 Å². The molecule has 3 aliphatic heterocycles. The molecule has 2 aromatic heterocycles. The number of aryl methyl sites for hydroxylation is 2. The molecule has 11 nitrogen and oxygen atoms in total. The van der Waals surface area contributed by atoms with Crippen LogP contribution in [0.1, 0.15) is 23.3 Å². The minimum atomic E-state index is -1.21. The van der Waals surface area contributed by atoms with Crippen LogP contribution in [0.2, 0.25) is 0 Å². The van der Waals surface area contributed by atoms with Crippen LogP contribution in [0.25, 0.3) is 0 Å². The van der Waals surface area contributed by atoms with E-state index in [-0.39, 0.29) is 0 Å². The third-order valence-corrected chi connectivity index (χ3v) is 5.33. The summed E-state index contributed by atoms with van der Waals surface area (Å²) in [6.45, 7) is 2.09. The number of hydrogen-bond donors (Lipinski definition) is 3. The Labute approximate surface area is 159 Å². The van der Waals surface area contributed by atoms with Gasteiger partial charge in [0.2, 0.25) is 0 Å². The van der Waals surface area contributed by atoms with Gasteiger partial charge in [-0.15, -0.1) is 0 Å². The van der Waals surface area contributed by atoms with Gasteiger partial charge in [-0.25, -0.2) is 14.5 Å². The predicted octanol–water partition coefficient (Wildman–Crippen LogP) is -1.41. The molecule has 28 heavy (non-hydrogen) atoms. The summed E-state index contributed by atoms with van der Waals surface area (Å²) in [7, 11) is 1.94. The molecule has 1 fully saturated rings. The van der Waals surface area contributed by atoms with Gasteiger partial charge in [-0.05, 0) is 4.98 Å². The summed E-state index contributed by atoms with van der Waals surface area (Å²) in [5, 5.41) is 29.7. The highest BCUT2D eigenvalue weighted by Crippen LogP contribution is 2.36. The third kappa shape index (κ3) is 2.41. The molecule has 11 heteroatoms. The van der Waals surface area contributed by atoms with Gasteiger partial charge in [0.1, 0.15) is 24.5 Å². The molecule has 3 aliphatic rings. The molecule has 0 saturated carbocycles. The van der Waals surface area contributed by atoms with E-state index in [0.29, 0.717) is 29.7 Å². The number of rotatable bonds is 2. The third-order valence-electron chi connectivity index (χ3n) is 5.33. The first-order valence-corrected chi connectivity index (χ1v) is 8.93. The second kappa shape index (κ2) is 6.14. The van der Waals surface area contributed by atoms with Crippen molar-refractivity contribution in [2.75, 3.05) is 6.61 Å². The molecule has 0 aliphatic carbocycles. The second-order valence-electron chi connectivity index (χ2n) is 7.11. The Hall–Kier alpha value is -2.73. The molecule has 1 saturated heterocycles. The fourth-order valence-corrected chi connectivity index (χ4v) is 3.67. The molecule has 4 unspecified atom stereocenters. The lowest BCUT2D eigenvalue weighted by molar-refractivity contribution is -0.681. The molecule has 2 aromatic rings. The number of aliphatic hydroxyl groups is 3. The minimum Gasteiger partial charge on any atom is -0.394 e. The van der Waals surface area contributed by atoms with Crippen molar-refractivity contribution in [2.45, 2.75) is 38.0 Å². The first-order chi connectivity index (χ1) is 13.5. The summed E-state index contributed by atoms with van der Waals surface area (Å²) in [4.78, 5) is 20.0. The van der Waals surface area contributed by atoms with Crippen molar-refractivity contribution in [1.29, 1.82) is 0 Å². The largest absolute Gasteiger partial charge is 0.394 e. The van der Waals surface area contributed by atoms with E-state index in [2.05, 4.69) is 20.0 Å². The first kappa shape index (κ1) is 17.4. The molecule has 4 atom stereocenters. The molecule has 5 rings (SSSR count). The zero-order chi connectivity index (χ0) is 19.6. The van der Waals surface area contributed by atoms with Gasteiger partial charge in [0.25, 0.3) is 11.6 Å². The molecule has 146 valence electrons. The molecule has 0 amide bonds. The van der Waals surface area contributed by atoms with E-state index >= 15 is 0 Å². The van der Waals surface area contributed by atoms with Crippen LogP contribution in [0.3, 0.4) is 0 Å². The Kier molecular flexibility index (Phi) is 3.81. The van der Waals surface area contributed by atoms with E-state index in [4.69, 9.17) is 4.74 Å². The van der Waals surface area contributed by atoms with Crippen molar-refractivity contribution in [2.24, 2.45) is 17.0 Å². The number of ether oxygens (including phenoxy) is 1. The number of hydrogen-bond acceptors (Lipinski definition) is 9. The number of fused-ring (bicyclic) bond motifs is 4. The van der Waals surface area contributed by atoms with Crippen molar-refractivity contribution in [3.63, 3.8) is 0 Å². The quantitative estimate of drug-likeness (QED) is 0.540. The number of imidazole rings is 1. The van der Waals surface area contributed by atoms with Crippen LogP contribution in [-0.4, -0.2) is 71.8 Å². The summed E-state index contributed by atoms with van der Waals surface area (Å²) in [5.74, 6) is 2.57. The Morgan fingerprint density at radius 2 is 2.14 bits per heavy atom. The van der Waals surface area contributed by atoms with Crippen LogP contribution in [0.4, 0.5) is 11.6 Å². The summed E-state index contributed by atoms with van der Waals surface area (Å²) >= 11 is 0.